The van der Waals surface area contributed by atoms with Gasteiger partial charge in [0.05, 0.1) is 19.0 Å². The van der Waals surface area contributed by atoms with Crippen LogP contribution in [0, 0.1) is 5.92 Å². The van der Waals surface area contributed by atoms with Gasteiger partial charge in [0.1, 0.15) is 5.92 Å². The molecule has 0 fully saturated rings. The van der Waals surface area contributed by atoms with Crippen LogP contribution in [-0.4, -0.2) is 38.7 Å². The summed E-state index contributed by atoms with van der Waals surface area (Å²) in [5.74, 6) is -2.20. The molecule has 0 aromatic rings. The molecule has 0 unspecified atom stereocenters. The van der Waals surface area contributed by atoms with E-state index < -0.39 is 23.7 Å². The highest BCUT2D eigenvalue weighted by atomic mass is 16.2. The fourth-order valence-electron chi connectivity index (χ4n) is 2.41. The van der Waals surface area contributed by atoms with Crippen LogP contribution in [0.1, 0.15) is 12.8 Å². The molecule has 0 bridgehead atoms. The zero-order chi connectivity index (χ0) is 17.7. The van der Waals surface area contributed by atoms with Crippen molar-refractivity contribution in [1.82, 2.24) is 0 Å². The number of hydrogen-bond donors (Lipinski definition) is 2. The molecule has 2 aliphatic rings. The maximum Gasteiger partial charge on any atom is 0.295 e. The number of allylic oxidation sites excluding steroid dienone is 8. The molecule has 0 saturated heterocycles. The van der Waals surface area contributed by atoms with Gasteiger partial charge >= 0.3 is 0 Å². The Hall–Kier alpha value is -3.02. The third-order valence-electron chi connectivity index (χ3n) is 3.75. The van der Waals surface area contributed by atoms with Gasteiger partial charge in [-0.2, -0.15) is 9.58 Å². The molecule has 0 atom stereocenters. The monoisotopic (exact) mass is 324 g/mol. The van der Waals surface area contributed by atoms with Crippen molar-refractivity contribution in [2.75, 3.05) is 0 Å². The smallest absolute Gasteiger partial charge is 0.295 e. The van der Waals surface area contributed by atoms with Gasteiger partial charge in [-0.3, -0.25) is 9.59 Å². The van der Waals surface area contributed by atoms with E-state index in [2.05, 4.69) is 9.58 Å². The van der Waals surface area contributed by atoms with Gasteiger partial charge in [0.2, 0.25) is 0 Å². The Morgan fingerprint density at radius 3 is 1.54 bits per heavy atom. The number of hydrogen-bond acceptors (Lipinski definition) is 4. The Kier molecular flexibility index (Phi) is 5.42. The number of nitrogens with two attached hydrogens (primary N) is 2. The first-order chi connectivity index (χ1) is 11.5. The van der Waals surface area contributed by atoms with Crippen LogP contribution in [0.15, 0.2) is 47.6 Å². The number of ketones is 2. The fourth-order valence-corrected chi connectivity index (χ4v) is 2.41. The first-order valence-electron chi connectivity index (χ1n) is 7.26. The topological polar surface area (TPSA) is 159 Å². The van der Waals surface area contributed by atoms with Gasteiger partial charge < -0.3 is 22.5 Å². The molecule has 0 aromatic carbocycles. The average molecular weight is 324 g/mol. The molecule has 0 amide bonds. The van der Waals surface area contributed by atoms with Crippen LogP contribution in [0.25, 0.3) is 11.1 Å². The molecule has 0 aliphatic heterocycles. The van der Waals surface area contributed by atoms with E-state index in [0.717, 1.165) is 0 Å². The Labute approximate surface area is 138 Å². The van der Waals surface area contributed by atoms with Crippen molar-refractivity contribution >= 4 is 23.0 Å². The summed E-state index contributed by atoms with van der Waals surface area (Å²) >= 11 is 0. The van der Waals surface area contributed by atoms with Crippen molar-refractivity contribution in [1.29, 1.82) is 0 Å². The minimum atomic E-state index is -1.22. The van der Waals surface area contributed by atoms with Crippen molar-refractivity contribution in [2.24, 2.45) is 17.4 Å². The Balaban J connectivity index is 2.24. The lowest BCUT2D eigenvalue weighted by molar-refractivity contribution is -0.129. The number of carbonyl (C=O) groups is 2. The summed E-state index contributed by atoms with van der Waals surface area (Å²) in [4.78, 5) is 31.3. The lowest BCUT2D eigenvalue weighted by Gasteiger charge is -2.20. The molecule has 2 rings (SSSR count). The summed E-state index contributed by atoms with van der Waals surface area (Å²) in [6.07, 6.45) is 8.40. The molecule has 4 N–H and O–H groups in total. The van der Waals surface area contributed by atoms with E-state index in [0.29, 0.717) is 22.6 Å². The van der Waals surface area contributed by atoms with Gasteiger partial charge in [-0.05, 0) is 12.2 Å². The van der Waals surface area contributed by atoms with E-state index in [1.54, 1.807) is 12.2 Å². The molecule has 122 valence electrons. The van der Waals surface area contributed by atoms with Crippen LogP contribution in [0.4, 0.5) is 0 Å². The van der Waals surface area contributed by atoms with Gasteiger partial charge in [-0.15, -0.1) is 0 Å². The summed E-state index contributed by atoms with van der Waals surface area (Å²) in [5, 5.41) is 0. The van der Waals surface area contributed by atoms with E-state index in [1.807, 2.05) is 0 Å². The summed E-state index contributed by atoms with van der Waals surface area (Å²) in [6, 6.07) is 0. The standard InChI is InChI=1S/C16H16N6O2/c17-16(18)13(14(23)9-1-5-11(21-19)6-2-9)15(24)10-3-7-12(22-20)8-4-10/h1-5,7,13,16H,6,8,17-18H2. The van der Waals surface area contributed by atoms with E-state index in [4.69, 9.17) is 22.5 Å². The van der Waals surface area contributed by atoms with Crippen LogP contribution in [-0.2, 0) is 9.59 Å². The van der Waals surface area contributed by atoms with E-state index in [9.17, 15) is 9.59 Å². The van der Waals surface area contributed by atoms with E-state index in [1.165, 1.54) is 24.3 Å². The third kappa shape index (κ3) is 3.65. The highest BCUT2D eigenvalue weighted by molar-refractivity contribution is 6.19. The third-order valence-corrected chi connectivity index (χ3v) is 3.75. The molecule has 24 heavy (non-hydrogen) atoms. The van der Waals surface area contributed by atoms with Gasteiger partial charge in [0.15, 0.2) is 11.6 Å². The molecular formula is C16H16N6O2. The number of carbonyl (C=O) groups excluding carboxylic acids is 2. The lowest BCUT2D eigenvalue weighted by atomic mass is 9.84. The Morgan fingerprint density at radius 1 is 0.875 bits per heavy atom. The number of nitrogens with zero attached hydrogens (tertiary/aromatic N) is 4. The summed E-state index contributed by atoms with van der Waals surface area (Å²) in [5.41, 5.74) is 30.1. The zero-order valence-corrected chi connectivity index (χ0v) is 12.8. The molecule has 2 aliphatic carbocycles. The summed E-state index contributed by atoms with van der Waals surface area (Å²) < 4.78 is 0. The fraction of sp³-hybridized carbons (Fsp3) is 0.250. The van der Waals surface area contributed by atoms with Crippen LogP contribution >= 0.6 is 0 Å². The van der Waals surface area contributed by atoms with Gasteiger partial charge in [0.25, 0.3) is 11.4 Å². The second-order valence-corrected chi connectivity index (χ2v) is 5.36. The van der Waals surface area contributed by atoms with Crippen molar-refractivity contribution < 1.29 is 19.2 Å². The first-order valence-corrected chi connectivity index (χ1v) is 7.26. The minimum absolute atomic E-state index is 0.272. The quantitative estimate of drug-likeness (QED) is 0.318. The SMILES string of the molecule is [N-]=[N+]=C1C=CC(C(=O)C(C(=O)C2=CCC(=[N+]=[N-])C=C2)C(N)N)=CC1. The molecule has 0 spiro atoms. The number of Topliss-reactive ketones (excluding diaryl/α,β-unsaturated/α-hetero) is 2. The van der Waals surface area contributed by atoms with Gasteiger partial charge in [-0.1, -0.05) is 12.2 Å². The van der Waals surface area contributed by atoms with Gasteiger partial charge in [-0.25, -0.2) is 0 Å². The first kappa shape index (κ1) is 17.3. The maximum atomic E-state index is 12.6. The van der Waals surface area contributed by atoms with Crippen LogP contribution in [0.2, 0.25) is 0 Å². The average Bonchev–Trinajstić information content (AvgIpc) is 2.61. The predicted octanol–water partition coefficient (Wildman–Crippen LogP) is 0.0985. The van der Waals surface area contributed by atoms with E-state index >= 15 is 0 Å². The molecule has 8 heteroatoms. The second kappa shape index (κ2) is 7.50. The molecule has 0 radical (unpaired) electrons. The van der Waals surface area contributed by atoms with Crippen LogP contribution in [0.3, 0.4) is 0 Å². The normalized spacial score (nSPS) is 17.8. The molecular weight excluding hydrogens is 308 g/mol. The summed E-state index contributed by atoms with van der Waals surface area (Å²) in [7, 11) is 0. The molecule has 0 aromatic heterocycles. The Morgan fingerprint density at radius 2 is 1.29 bits per heavy atom. The maximum absolute atomic E-state index is 12.6. The number of rotatable bonds is 5. The minimum Gasteiger partial charge on any atom is -0.361 e. The van der Waals surface area contributed by atoms with Crippen molar-refractivity contribution in [3.05, 3.63) is 58.7 Å². The largest absolute Gasteiger partial charge is 0.361 e. The second-order valence-electron chi connectivity index (χ2n) is 5.36. The Bertz CT molecular complexity index is 738. The molecule has 0 heterocycles. The lowest BCUT2D eigenvalue weighted by Crippen LogP contribution is -2.47. The summed E-state index contributed by atoms with van der Waals surface area (Å²) in [6.45, 7) is 0. The van der Waals surface area contributed by atoms with Crippen molar-refractivity contribution in [2.45, 2.75) is 19.0 Å². The predicted molar refractivity (Wildman–Crippen MR) is 86.6 cm³/mol. The molecule has 0 saturated carbocycles. The highest BCUT2D eigenvalue weighted by Gasteiger charge is 2.34. The van der Waals surface area contributed by atoms with Crippen molar-refractivity contribution in [3.63, 3.8) is 0 Å². The van der Waals surface area contributed by atoms with Gasteiger partial charge in [0, 0.05) is 23.3 Å². The van der Waals surface area contributed by atoms with Crippen molar-refractivity contribution in [3.8, 4) is 0 Å². The highest BCUT2D eigenvalue weighted by Crippen LogP contribution is 2.20. The van der Waals surface area contributed by atoms with Crippen LogP contribution < -0.4 is 11.5 Å². The zero-order valence-electron chi connectivity index (χ0n) is 12.8. The molecule has 8 nitrogen and oxygen atoms in total. The van der Waals surface area contributed by atoms with E-state index in [-0.39, 0.29) is 12.8 Å². The van der Waals surface area contributed by atoms with Crippen LogP contribution in [0.5, 0.6) is 0 Å².